The molecule has 0 amide bonds. The Hall–Kier alpha value is -2.20. The predicted octanol–water partition coefficient (Wildman–Crippen LogP) is 1.53. The minimum absolute atomic E-state index is 0.0356. The summed E-state index contributed by atoms with van der Waals surface area (Å²) in [5.41, 5.74) is -0.424. The molecule has 1 rings (SSSR count). The van der Waals surface area contributed by atoms with Gasteiger partial charge in [0.2, 0.25) is 10.0 Å². The first-order valence-electron chi connectivity index (χ1n) is 7.32. The second-order valence-electron chi connectivity index (χ2n) is 5.12. The van der Waals surface area contributed by atoms with Gasteiger partial charge in [-0.25, -0.2) is 13.2 Å². The van der Waals surface area contributed by atoms with E-state index in [1.165, 1.54) is 35.3 Å². The average Bonchev–Trinajstić information content (AvgIpc) is 2.53. The van der Waals surface area contributed by atoms with Crippen molar-refractivity contribution in [3.05, 3.63) is 28.3 Å². The van der Waals surface area contributed by atoms with Crippen molar-refractivity contribution in [2.45, 2.75) is 31.7 Å². The van der Waals surface area contributed by atoms with Crippen LogP contribution in [0.3, 0.4) is 0 Å². The molecule has 0 radical (unpaired) electrons. The van der Waals surface area contributed by atoms with Crippen LogP contribution >= 0.6 is 0 Å². The van der Waals surface area contributed by atoms with Gasteiger partial charge in [-0.3, -0.25) is 10.1 Å². The number of carbonyl (C=O) groups is 1. The van der Waals surface area contributed by atoms with Crippen LogP contribution < -0.4 is 4.90 Å². The number of sulfonamides is 1. The molecule has 0 saturated heterocycles. The summed E-state index contributed by atoms with van der Waals surface area (Å²) in [6.45, 7) is 5.21. The third-order valence-corrected chi connectivity index (χ3v) is 5.85. The normalized spacial score (nSPS) is 12.9. The standard InChI is InChI=1S/C14H21N3O6S/c1-5-16(6-2)24(22,23)11-7-8-12(13(9-11)17(20)21)15(4)10(3)14(18)19/h7-10H,5-6H2,1-4H3,(H,18,19). The van der Waals surface area contributed by atoms with Gasteiger partial charge in [0, 0.05) is 26.2 Å². The summed E-state index contributed by atoms with van der Waals surface area (Å²) in [4.78, 5) is 22.7. The maximum Gasteiger partial charge on any atom is 0.326 e. The van der Waals surface area contributed by atoms with E-state index in [9.17, 15) is 23.3 Å². The maximum absolute atomic E-state index is 12.5. The summed E-state index contributed by atoms with van der Waals surface area (Å²) in [7, 11) is -2.44. The molecule has 1 aromatic carbocycles. The molecular weight excluding hydrogens is 338 g/mol. The van der Waals surface area contributed by atoms with Crippen molar-refractivity contribution in [2.75, 3.05) is 25.0 Å². The number of hydrogen-bond acceptors (Lipinski definition) is 6. The molecule has 0 bridgehead atoms. The Morgan fingerprint density at radius 1 is 1.33 bits per heavy atom. The van der Waals surface area contributed by atoms with Crippen LogP contribution in [0.25, 0.3) is 0 Å². The number of rotatable bonds is 8. The molecule has 10 heteroatoms. The lowest BCUT2D eigenvalue weighted by Gasteiger charge is -2.24. The van der Waals surface area contributed by atoms with E-state index in [-0.39, 0.29) is 23.7 Å². The number of nitro groups is 1. The number of carboxylic acid groups (broad SMARTS) is 1. The molecule has 0 fully saturated rings. The molecule has 24 heavy (non-hydrogen) atoms. The Bertz CT molecular complexity index is 730. The van der Waals surface area contributed by atoms with Crippen molar-refractivity contribution in [3.63, 3.8) is 0 Å². The minimum atomic E-state index is -3.84. The van der Waals surface area contributed by atoms with Crippen LogP contribution in [0.5, 0.6) is 0 Å². The highest BCUT2D eigenvalue weighted by atomic mass is 32.2. The lowest BCUT2D eigenvalue weighted by Crippen LogP contribution is -2.36. The van der Waals surface area contributed by atoms with Gasteiger partial charge >= 0.3 is 5.97 Å². The molecule has 1 N–H and O–H groups in total. The van der Waals surface area contributed by atoms with Gasteiger partial charge in [-0.1, -0.05) is 13.8 Å². The number of nitrogens with zero attached hydrogens (tertiary/aromatic N) is 3. The first kappa shape index (κ1) is 19.8. The van der Waals surface area contributed by atoms with Crippen molar-refractivity contribution in [3.8, 4) is 0 Å². The highest BCUT2D eigenvalue weighted by Gasteiger charge is 2.29. The van der Waals surface area contributed by atoms with Crippen LogP contribution in [-0.4, -0.2) is 54.9 Å². The number of benzene rings is 1. The molecular formula is C14H21N3O6S. The van der Waals surface area contributed by atoms with Crippen LogP contribution in [0.2, 0.25) is 0 Å². The van der Waals surface area contributed by atoms with Gasteiger partial charge in [-0.2, -0.15) is 4.31 Å². The van der Waals surface area contributed by atoms with E-state index in [0.717, 1.165) is 6.07 Å². The summed E-state index contributed by atoms with van der Waals surface area (Å²) >= 11 is 0. The summed E-state index contributed by atoms with van der Waals surface area (Å²) in [6.07, 6.45) is 0. The Morgan fingerprint density at radius 2 is 1.88 bits per heavy atom. The summed E-state index contributed by atoms with van der Waals surface area (Å²) in [6, 6.07) is 2.47. The Balaban J connectivity index is 3.46. The number of hydrogen-bond donors (Lipinski definition) is 1. The fraction of sp³-hybridized carbons (Fsp3) is 0.500. The van der Waals surface area contributed by atoms with Gasteiger partial charge in [0.15, 0.2) is 0 Å². The number of aliphatic carboxylic acids is 1. The van der Waals surface area contributed by atoms with Crippen LogP contribution in [0, 0.1) is 10.1 Å². The molecule has 9 nitrogen and oxygen atoms in total. The molecule has 1 atom stereocenters. The first-order chi connectivity index (χ1) is 11.1. The zero-order chi connectivity index (χ0) is 18.7. The highest BCUT2D eigenvalue weighted by Crippen LogP contribution is 2.32. The van der Waals surface area contributed by atoms with Crippen molar-refractivity contribution >= 4 is 27.4 Å². The monoisotopic (exact) mass is 359 g/mol. The van der Waals surface area contributed by atoms with Crippen LogP contribution in [0.1, 0.15) is 20.8 Å². The minimum Gasteiger partial charge on any atom is -0.480 e. The Morgan fingerprint density at radius 3 is 2.29 bits per heavy atom. The van der Waals surface area contributed by atoms with Gasteiger partial charge < -0.3 is 10.0 Å². The summed E-state index contributed by atoms with van der Waals surface area (Å²) in [5, 5.41) is 20.4. The van der Waals surface area contributed by atoms with E-state index >= 15 is 0 Å². The molecule has 134 valence electrons. The number of anilines is 1. The smallest absolute Gasteiger partial charge is 0.326 e. The number of likely N-dealkylation sites (N-methyl/N-ethyl adjacent to an activating group) is 1. The largest absolute Gasteiger partial charge is 0.480 e. The van der Waals surface area contributed by atoms with E-state index in [2.05, 4.69) is 0 Å². The second kappa shape index (κ2) is 7.58. The molecule has 0 heterocycles. The van der Waals surface area contributed by atoms with Crippen LogP contribution in [0.4, 0.5) is 11.4 Å². The fourth-order valence-corrected chi connectivity index (χ4v) is 3.67. The SMILES string of the molecule is CCN(CC)S(=O)(=O)c1ccc(N(C)C(C)C(=O)O)c([N+](=O)[O-])c1. The zero-order valence-electron chi connectivity index (χ0n) is 14.0. The molecule has 0 saturated carbocycles. The van der Waals surface area contributed by atoms with Crippen LogP contribution in [-0.2, 0) is 14.8 Å². The number of nitro benzene ring substituents is 1. The van der Waals surface area contributed by atoms with Crippen molar-refractivity contribution in [1.29, 1.82) is 0 Å². The Labute approximate surface area is 140 Å². The predicted molar refractivity (Wildman–Crippen MR) is 88.7 cm³/mol. The lowest BCUT2D eigenvalue weighted by atomic mass is 10.2. The third-order valence-electron chi connectivity index (χ3n) is 3.81. The number of carboxylic acids is 1. The topological polar surface area (TPSA) is 121 Å². The molecule has 1 unspecified atom stereocenters. The molecule has 0 aliphatic rings. The highest BCUT2D eigenvalue weighted by molar-refractivity contribution is 7.89. The lowest BCUT2D eigenvalue weighted by molar-refractivity contribution is -0.384. The van der Waals surface area contributed by atoms with E-state index in [0.29, 0.717) is 0 Å². The fourth-order valence-electron chi connectivity index (χ4n) is 2.20. The van der Waals surface area contributed by atoms with Crippen LogP contribution in [0.15, 0.2) is 23.1 Å². The maximum atomic E-state index is 12.5. The average molecular weight is 359 g/mol. The quantitative estimate of drug-likeness (QED) is 0.552. The third kappa shape index (κ3) is 3.82. The first-order valence-corrected chi connectivity index (χ1v) is 8.76. The molecule has 0 aliphatic carbocycles. The van der Waals surface area contributed by atoms with Crippen molar-refractivity contribution in [2.24, 2.45) is 0 Å². The molecule has 0 aromatic heterocycles. The van der Waals surface area contributed by atoms with Crippen molar-refractivity contribution < 1.29 is 23.2 Å². The van der Waals surface area contributed by atoms with Gasteiger partial charge in [0.1, 0.15) is 11.7 Å². The second-order valence-corrected chi connectivity index (χ2v) is 7.06. The van der Waals surface area contributed by atoms with Gasteiger partial charge in [0.05, 0.1) is 9.82 Å². The summed E-state index contributed by atoms with van der Waals surface area (Å²) < 4.78 is 26.2. The summed E-state index contributed by atoms with van der Waals surface area (Å²) in [5.74, 6) is -1.15. The Kier molecular flexibility index (Phi) is 6.27. The van der Waals surface area contributed by atoms with E-state index in [1.54, 1.807) is 13.8 Å². The zero-order valence-corrected chi connectivity index (χ0v) is 14.8. The van der Waals surface area contributed by atoms with Crippen molar-refractivity contribution in [1.82, 2.24) is 4.31 Å². The van der Waals surface area contributed by atoms with E-state index < -0.39 is 32.6 Å². The van der Waals surface area contributed by atoms with E-state index in [4.69, 9.17) is 5.11 Å². The van der Waals surface area contributed by atoms with Gasteiger partial charge in [0.25, 0.3) is 5.69 Å². The molecule has 0 aliphatic heterocycles. The molecule has 1 aromatic rings. The van der Waals surface area contributed by atoms with Gasteiger partial charge in [-0.05, 0) is 19.1 Å². The van der Waals surface area contributed by atoms with E-state index in [1.807, 2.05) is 0 Å². The molecule has 0 spiro atoms. The van der Waals surface area contributed by atoms with Gasteiger partial charge in [-0.15, -0.1) is 0 Å².